The van der Waals surface area contributed by atoms with E-state index in [0.717, 1.165) is 0 Å². The maximum Gasteiger partial charge on any atom is 0.352 e. The molecule has 3 N–H and O–H groups in total. The second kappa shape index (κ2) is 13.7. The fourth-order valence-electron chi connectivity index (χ4n) is 5.40. The van der Waals surface area contributed by atoms with Gasteiger partial charge in [0.2, 0.25) is 5.66 Å². The number of halogens is 1. The van der Waals surface area contributed by atoms with Crippen LogP contribution in [-0.4, -0.2) is 78.7 Å². The Hall–Kier alpha value is -1.90. The van der Waals surface area contributed by atoms with E-state index in [4.69, 9.17) is 13.9 Å². The van der Waals surface area contributed by atoms with Crippen molar-refractivity contribution < 1.29 is 33.5 Å². The molecule has 15 heteroatoms. The molecule has 0 aromatic heterocycles. The van der Waals surface area contributed by atoms with Gasteiger partial charge in [0.1, 0.15) is 17.9 Å². The molecule has 0 spiro atoms. The third kappa shape index (κ3) is 8.34. The van der Waals surface area contributed by atoms with Crippen LogP contribution < -0.4 is 10.6 Å². The molecule has 2 aliphatic heterocycles. The van der Waals surface area contributed by atoms with Crippen LogP contribution in [-0.2, 0) is 25.2 Å². The number of nitro groups is 1. The third-order valence-corrected chi connectivity index (χ3v) is 22.2. The van der Waals surface area contributed by atoms with E-state index >= 15 is 0 Å². The summed E-state index contributed by atoms with van der Waals surface area (Å²) in [7, 11) is -4.73. The van der Waals surface area contributed by atoms with E-state index in [9.17, 15) is 24.8 Å². The van der Waals surface area contributed by atoms with Crippen LogP contribution in [0.25, 0.3) is 0 Å². The smallest absolute Gasteiger partial charge is 0.352 e. The second-order valence-corrected chi connectivity index (χ2v) is 28.7. The molecule has 4 atom stereocenters. The minimum absolute atomic E-state index is 0.0494. The number of amides is 2. The van der Waals surface area contributed by atoms with Crippen LogP contribution in [0.15, 0.2) is 30.5 Å². The van der Waals surface area contributed by atoms with Crippen LogP contribution in [0.2, 0.25) is 36.3 Å². The number of benzene rings is 1. The van der Waals surface area contributed by atoms with Gasteiger partial charge in [-0.15, -0.1) is 0 Å². The molecule has 2 amide bonds. The summed E-state index contributed by atoms with van der Waals surface area (Å²) in [5.74, 6) is -0.779. The number of nitrogens with one attached hydrogen (secondary N) is 2. The Morgan fingerprint density at radius 3 is 2.25 bits per heavy atom. The molecule has 0 saturated carbocycles. The van der Waals surface area contributed by atoms with Gasteiger partial charge < -0.3 is 24.3 Å². The lowest BCUT2D eigenvalue weighted by Gasteiger charge is -2.49. The van der Waals surface area contributed by atoms with Gasteiger partial charge in [0.25, 0.3) is 5.69 Å². The Morgan fingerprint density at radius 2 is 1.75 bits per heavy atom. The molecular formula is C33H55IN4O8Si2. The lowest BCUT2D eigenvalue weighted by atomic mass is 10.1. The summed E-state index contributed by atoms with van der Waals surface area (Å²) < 4.78 is 19.5. The normalized spacial score (nSPS) is 25.6. The zero-order valence-corrected chi connectivity index (χ0v) is 34.9. The van der Waals surface area contributed by atoms with Gasteiger partial charge in [-0.25, -0.2) is 9.59 Å². The van der Waals surface area contributed by atoms with Crippen molar-refractivity contribution in [2.24, 2.45) is 0 Å². The Labute approximate surface area is 301 Å². The van der Waals surface area contributed by atoms with Crippen LogP contribution >= 0.6 is 22.6 Å². The summed E-state index contributed by atoms with van der Waals surface area (Å²) in [6, 6.07) is 4.13. The van der Waals surface area contributed by atoms with Gasteiger partial charge in [0.05, 0.1) is 24.8 Å². The lowest BCUT2D eigenvalue weighted by molar-refractivity contribution is -0.385. The number of carbonyl (C=O) groups is 2. The average Bonchev–Trinajstić information content (AvgIpc) is 3.26. The van der Waals surface area contributed by atoms with E-state index < -0.39 is 62.1 Å². The molecule has 1 aromatic rings. The van der Waals surface area contributed by atoms with Crippen molar-refractivity contribution in [1.82, 2.24) is 15.5 Å². The number of urea groups is 1. The Balaban J connectivity index is 2.00. The highest BCUT2D eigenvalue weighted by atomic mass is 127. The van der Waals surface area contributed by atoms with Crippen molar-refractivity contribution in [2.45, 2.75) is 140 Å². The number of aliphatic hydroxyl groups is 1. The summed E-state index contributed by atoms with van der Waals surface area (Å²) in [6.07, 6.45) is 1.56. The standard InChI is InChI=1S/C33H55IN4O8Si2/c1-29(2,3)46-27(39)32(35-20-22-14-15-23(34)18-24(22)38(42)43)16-17-37(28(40)36-32)26-19-33(41,47(10,11)30(4,5)6)25(45-26)21-44-48(12,13)31(7,8)9/h14-18,25-26,35,41H,19-21H2,1-13H3,(H,36,40)/t25-,26-,32?,33-/m1/s1. The van der Waals surface area contributed by atoms with Crippen molar-refractivity contribution in [3.8, 4) is 0 Å². The SMILES string of the molecule is CC(C)(C)OC(=O)C1(NCc2ccc(I)cc2[N+](=O)[O-])C=CN([C@H]2C[C@@](O)([Si](C)(C)C(C)(C)C)[C@@H](CO[Si](C)(C)C(C)(C)C)O2)C(=O)N1. The first kappa shape index (κ1) is 40.5. The van der Waals surface area contributed by atoms with Crippen LogP contribution in [0.3, 0.4) is 0 Å². The molecule has 1 unspecified atom stereocenters. The summed E-state index contributed by atoms with van der Waals surface area (Å²) in [5, 5.41) is 28.6. The molecular weight excluding hydrogens is 763 g/mol. The highest BCUT2D eigenvalue weighted by Crippen LogP contribution is 2.50. The summed E-state index contributed by atoms with van der Waals surface area (Å²) in [5.41, 5.74) is -2.51. The van der Waals surface area contributed by atoms with E-state index in [2.05, 4.69) is 78.4 Å². The minimum atomic E-state index is -2.53. The van der Waals surface area contributed by atoms with E-state index in [0.29, 0.717) is 9.13 Å². The summed E-state index contributed by atoms with van der Waals surface area (Å²) >= 11 is 2.00. The van der Waals surface area contributed by atoms with Gasteiger partial charge in [-0.05, 0) is 84.7 Å². The first-order chi connectivity index (χ1) is 21.6. The summed E-state index contributed by atoms with van der Waals surface area (Å²) in [4.78, 5) is 40.3. The largest absolute Gasteiger partial charge is 0.457 e. The fourth-order valence-corrected chi connectivity index (χ4v) is 9.82. The number of hydrogen-bond acceptors (Lipinski definition) is 9. The maximum atomic E-state index is 13.9. The monoisotopic (exact) mass is 818 g/mol. The zero-order valence-electron chi connectivity index (χ0n) is 30.7. The molecule has 48 heavy (non-hydrogen) atoms. The quantitative estimate of drug-likeness (QED) is 0.0763. The number of carbonyl (C=O) groups excluding carboxylic acids is 2. The molecule has 0 aliphatic carbocycles. The molecule has 270 valence electrons. The topological polar surface area (TPSA) is 152 Å². The highest BCUT2D eigenvalue weighted by molar-refractivity contribution is 14.1. The predicted octanol–water partition coefficient (Wildman–Crippen LogP) is 6.78. The first-order valence-electron chi connectivity index (χ1n) is 16.3. The number of nitro benzene ring substituents is 1. The van der Waals surface area contributed by atoms with Gasteiger partial charge in [0, 0.05) is 34.4 Å². The number of esters is 1. The fraction of sp³-hybridized carbons (Fsp3) is 0.697. The maximum absolute atomic E-state index is 13.9. The van der Waals surface area contributed by atoms with Crippen LogP contribution in [0.5, 0.6) is 0 Å². The van der Waals surface area contributed by atoms with Gasteiger partial charge >= 0.3 is 12.0 Å². The molecule has 2 aliphatic rings. The zero-order chi connectivity index (χ0) is 36.9. The van der Waals surface area contributed by atoms with Gasteiger partial charge in [0.15, 0.2) is 8.32 Å². The average molecular weight is 819 g/mol. The number of hydrogen-bond donors (Lipinski definition) is 3. The molecule has 12 nitrogen and oxygen atoms in total. The Bertz CT molecular complexity index is 1440. The van der Waals surface area contributed by atoms with E-state index in [1.165, 1.54) is 23.2 Å². The van der Waals surface area contributed by atoms with Gasteiger partial charge in [-0.3, -0.25) is 20.3 Å². The molecule has 1 fully saturated rings. The van der Waals surface area contributed by atoms with Crippen LogP contribution in [0, 0.1) is 13.7 Å². The van der Waals surface area contributed by atoms with E-state index in [-0.39, 0.29) is 35.3 Å². The molecule has 1 aromatic carbocycles. The molecule has 2 heterocycles. The molecule has 0 bridgehead atoms. The van der Waals surface area contributed by atoms with Crippen LogP contribution in [0.1, 0.15) is 74.3 Å². The number of ether oxygens (including phenoxy) is 2. The molecule has 0 radical (unpaired) electrons. The second-order valence-electron chi connectivity index (χ2n) is 17.0. The minimum Gasteiger partial charge on any atom is -0.457 e. The van der Waals surface area contributed by atoms with Crippen molar-refractivity contribution in [1.29, 1.82) is 0 Å². The van der Waals surface area contributed by atoms with Crippen molar-refractivity contribution in [2.75, 3.05) is 6.61 Å². The Morgan fingerprint density at radius 1 is 1.15 bits per heavy atom. The van der Waals surface area contributed by atoms with Crippen molar-refractivity contribution >= 4 is 56.7 Å². The lowest BCUT2D eigenvalue weighted by Crippen LogP contribution is -2.68. The van der Waals surface area contributed by atoms with E-state index in [1.54, 1.807) is 32.9 Å². The van der Waals surface area contributed by atoms with Crippen LogP contribution in [0.4, 0.5) is 10.5 Å². The predicted molar refractivity (Wildman–Crippen MR) is 199 cm³/mol. The summed E-state index contributed by atoms with van der Waals surface area (Å²) in [6.45, 7) is 26.6. The van der Waals surface area contributed by atoms with Crippen molar-refractivity contribution in [3.63, 3.8) is 0 Å². The molecule has 1 saturated heterocycles. The van der Waals surface area contributed by atoms with Crippen molar-refractivity contribution in [3.05, 3.63) is 49.7 Å². The highest BCUT2D eigenvalue weighted by Gasteiger charge is 2.63. The number of nitrogens with zero attached hydrogens (tertiary/aromatic N) is 2. The first-order valence-corrected chi connectivity index (χ1v) is 23.3. The third-order valence-electron chi connectivity index (χ3n) is 10.6. The molecule has 3 rings (SSSR count). The van der Waals surface area contributed by atoms with E-state index in [1.807, 2.05) is 22.6 Å². The van der Waals surface area contributed by atoms with Gasteiger partial charge in [-0.2, -0.15) is 0 Å². The van der Waals surface area contributed by atoms with Gasteiger partial charge in [-0.1, -0.05) is 54.6 Å². The number of rotatable bonds is 10. The Kier molecular flexibility index (Phi) is 11.5.